The molecule has 0 saturated heterocycles. The van der Waals surface area contributed by atoms with Gasteiger partial charge >= 0.3 is 0 Å². The summed E-state index contributed by atoms with van der Waals surface area (Å²) < 4.78 is 0. The molecule has 0 atom stereocenters. The van der Waals surface area contributed by atoms with Crippen LogP contribution in [0.1, 0.15) is 22.8 Å². The maximum Gasteiger partial charge on any atom is 0.296 e. The number of nitrogens with one attached hydrogen (secondary N) is 1. The van der Waals surface area contributed by atoms with Crippen molar-refractivity contribution in [2.45, 2.75) is 13.3 Å². The Hall–Kier alpha value is -1.35. The first kappa shape index (κ1) is 9.21. The fraction of sp³-hybridized carbons (Fsp3) is 0.200. The molecule has 1 aliphatic heterocycles. The van der Waals surface area contributed by atoms with E-state index in [1.807, 2.05) is 6.92 Å². The molecule has 4 heteroatoms. The van der Waals surface area contributed by atoms with Gasteiger partial charge < -0.3 is 5.32 Å². The minimum Gasteiger partial charge on any atom is -0.318 e. The molecule has 0 bridgehead atoms. The first-order chi connectivity index (χ1) is 6.63. The quantitative estimate of drug-likeness (QED) is 0.720. The van der Waals surface area contributed by atoms with Gasteiger partial charge in [-0.05, 0) is 24.1 Å². The molecule has 1 aromatic carbocycles. The van der Waals surface area contributed by atoms with Crippen LogP contribution in [0.15, 0.2) is 12.1 Å². The average Bonchev–Trinajstić information content (AvgIpc) is 2.43. The molecule has 72 valence electrons. The lowest BCUT2D eigenvalue weighted by Crippen LogP contribution is -2.12. The summed E-state index contributed by atoms with van der Waals surface area (Å²) >= 11 is 5.83. The SMILES string of the molecule is CCc1cc(Cl)cc2c1NC(=O)C2=O. The Kier molecular flexibility index (Phi) is 2.04. The van der Waals surface area contributed by atoms with Crippen molar-refractivity contribution < 1.29 is 9.59 Å². The molecular weight excluding hydrogens is 202 g/mol. The van der Waals surface area contributed by atoms with E-state index in [2.05, 4.69) is 5.32 Å². The number of carbonyl (C=O) groups is 2. The average molecular weight is 210 g/mol. The summed E-state index contributed by atoms with van der Waals surface area (Å²) in [5.74, 6) is -1.07. The minimum absolute atomic E-state index is 0.388. The van der Waals surface area contributed by atoms with Gasteiger partial charge in [-0.15, -0.1) is 0 Å². The summed E-state index contributed by atoms with van der Waals surface area (Å²) in [5.41, 5.74) is 1.90. The zero-order chi connectivity index (χ0) is 10.3. The lowest BCUT2D eigenvalue weighted by Gasteiger charge is -2.04. The minimum atomic E-state index is -0.572. The number of fused-ring (bicyclic) bond motifs is 1. The van der Waals surface area contributed by atoms with E-state index in [0.29, 0.717) is 16.3 Å². The number of benzene rings is 1. The molecule has 1 aliphatic rings. The molecule has 1 N–H and O–H groups in total. The van der Waals surface area contributed by atoms with Gasteiger partial charge in [0.05, 0.1) is 11.3 Å². The Morgan fingerprint density at radius 3 is 2.71 bits per heavy atom. The van der Waals surface area contributed by atoms with Crippen LogP contribution in [-0.2, 0) is 11.2 Å². The highest BCUT2D eigenvalue weighted by molar-refractivity contribution is 6.52. The van der Waals surface area contributed by atoms with Gasteiger partial charge in [0.15, 0.2) is 0 Å². The lowest BCUT2D eigenvalue weighted by atomic mass is 10.1. The fourth-order valence-corrected chi connectivity index (χ4v) is 1.80. The van der Waals surface area contributed by atoms with Crippen LogP contribution in [0.5, 0.6) is 0 Å². The topological polar surface area (TPSA) is 46.2 Å². The Morgan fingerprint density at radius 1 is 1.36 bits per heavy atom. The van der Waals surface area contributed by atoms with E-state index in [1.54, 1.807) is 6.07 Å². The predicted octanol–water partition coefficient (Wildman–Crippen LogP) is 2.04. The number of Topliss-reactive ketones (excluding diaryl/α,β-unsaturated/α-hetero) is 1. The second-order valence-corrected chi connectivity index (χ2v) is 3.56. The van der Waals surface area contributed by atoms with Crippen molar-refractivity contribution in [3.05, 3.63) is 28.3 Å². The van der Waals surface area contributed by atoms with E-state index >= 15 is 0 Å². The zero-order valence-electron chi connectivity index (χ0n) is 7.56. The van der Waals surface area contributed by atoms with Crippen molar-refractivity contribution in [2.24, 2.45) is 0 Å². The molecule has 1 heterocycles. The van der Waals surface area contributed by atoms with Crippen LogP contribution in [-0.4, -0.2) is 11.7 Å². The van der Waals surface area contributed by atoms with Gasteiger partial charge in [-0.25, -0.2) is 0 Å². The number of amides is 1. The summed E-state index contributed by atoms with van der Waals surface area (Å²) in [6, 6.07) is 3.29. The van der Waals surface area contributed by atoms with E-state index < -0.39 is 11.7 Å². The van der Waals surface area contributed by atoms with Crippen LogP contribution < -0.4 is 5.32 Å². The maximum atomic E-state index is 11.3. The van der Waals surface area contributed by atoms with Gasteiger partial charge in [-0.1, -0.05) is 18.5 Å². The molecule has 0 saturated carbocycles. The third-order valence-corrected chi connectivity index (χ3v) is 2.47. The molecule has 0 aromatic heterocycles. The highest BCUT2D eigenvalue weighted by Crippen LogP contribution is 2.30. The van der Waals surface area contributed by atoms with Crippen molar-refractivity contribution >= 4 is 29.0 Å². The Bertz CT molecular complexity index is 440. The fourth-order valence-electron chi connectivity index (χ4n) is 1.56. The van der Waals surface area contributed by atoms with Crippen LogP contribution in [0, 0.1) is 0 Å². The summed E-state index contributed by atoms with van der Waals surface area (Å²) in [5, 5.41) is 3.04. The normalized spacial score (nSPS) is 14.1. The largest absolute Gasteiger partial charge is 0.318 e. The first-order valence-corrected chi connectivity index (χ1v) is 4.69. The Morgan fingerprint density at radius 2 is 2.07 bits per heavy atom. The third kappa shape index (κ3) is 1.21. The molecular formula is C10H8ClNO2. The molecule has 3 nitrogen and oxygen atoms in total. The second-order valence-electron chi connectivity index (χ2n) is 3.12. The number of hydrogen-bond acceptors (Lipinski definition) is 2. The van der Waals surface area contributed by atoms with Gasteiger partial charge in [0.2, 0.25) is 0 Å². The zero-order valence-corrected chi connectivity index (χ0v) is 8.31. The Balaban J connectivity index is 2.67. The number of halogens is 1. The van der Waals surface area contributed by atoms with E-state index in [1.165, 1.54) is 6.07 Å². The molecule has 0 radical (unpaired) electrons. The van der Waals surface area contributed by atoms with Gasteiger partial charge in [0.25, 0.3) is 11.7 Å². The number of anilines is 1. The van der Waals surface area contributed by atoms with Gasteiger partial charge in [0.1, 0.15) is 0 Å². The molecule has 2 rings (SSSR count). The first-order valence-electron chi connectivity index (χ1n) is 4.31. The highest BCUT2D eigenvalue weighted by Gasteiger charge is 2.29. The van der Waals surface area contributed by atoms with Crippen LogP contribution >= 0.6 is 11.6 Å². The van der Waals surface area contributed by atoms with Gasteiger partial charge in [0, 0.05) is 5.02 Å². The van der Waals surface area contributed by atoms with Crippen molar-refractivity contribution in [1.29, 1.82) is 0 Å². The van der Waals surface area contributed by atoms with Crippen LogP contribution in [0.25, 0.3) is 0 Å². The number of carbonyl (C=O) groups excluding carboxylic acids is 2. The maximum absolute atomic E-state index is 11.3. The standard InChI is InChI=1S/C10H8ClNO2/c1-2-5-3-6(11)4-7-8(5)12-10(14)9(7)13/h3-4H,2H2,1H3,(H,12,13,14). The molecule has 14 heavy (non-hydrogen) atoms. The number of rotatable bonds is 1. The van der Waals surface area contributed by atoms with Crippen LogP contribution in [0.2, 0.25) is 5.02 Å². The van der Waals surface area contributed by atoms with E-state index in [0.717, 1.165) is 12.0 Å². The van der Waals surface area contributed by atoms with Crippen molar-refractivity contribution in [3.63, 3.8) is 0 Å². The number of ketones is 1. The van der Waals surface area contributed by atoms with Crippen molar-refractivity contribution in [3.8, 4) is 0 Å². The smallest absolute Gasteiger partial charge is 0.296 e. The predicted molar refractivity (Wildman–Crippen MR) is 53.8 cm³/mol. The lowest BCUT2D eigenvalue weighted by molar-refractivity contribution is -0.112. The van der Waals surface area contributed by atoms with E-state index in [-0.39, 0.29) is 0 Å². The summed E-state index contributed by atoms with van der Waals surface area (Å²) in [6.07, 6.45) is 0.733. The number of aryl methyl sites for hydroxylation is 1. The molecule has 0 fully saturated rings. The third-order valence-electron chi connectivity index (χ3n) is 2.26. The van der Waals surface area contributed by atoms with Crippen LogP contribution in [0.3, 0.4) is 0 Å². The number of hydrogen-bond donors (Lipinski definition) is 1. The van der Waals surface area contributed by atoms with Crippen molar-refractivity contribution in [1.82, 2.24) is 0 Å². The monoisotopic (exact) mass is 209 g/mol. The molecule has 1 amide bonds. The summed E-state index contributed by atoms with van der Waals surface area (Å²) in [6.45, 7) is 1.95. The summed E-state index contributed by atoms with van der Waals surface area (Å²) in [4.78, 5) is 22.5. The van der Waals surface area contributed by atoms with Gasteiger partial charge in [-0.2, -0.15) is 0 Å². The van der Waals surface area contributed by atoms with Gasteiger partial charge in [-0.3, -0.25) is 9.59 Å². The Labute approximate surface area is 86.1 Å². The van der Waals surface area contributed by atoms with E-state index in [9.17, 15) is 9.59 Å². The summed E-state index contributed by atoms with van der Waals surface area (Å²) in [7, 11) is 0. The van der Waals surface area contributed by atoms with Crippen molar-refractivity contribution in [2.75, 3.05) is 5.32 Å². The molecule has 0 spiro atoms. The highest BCUT2D eigenvalue weighted by atomic mass is 35.5. The molecule has 1 aromatic rings. The van der Waals surface area contributed by atoms with E-state index in [4.69, 9.17) is 11.6 Å². The molecule has 0 unspecified atom stereocenters. The molecule has 0 aliphatic carbocycles. The van der Waals surface area contributed by atoms with Crippen LogP contribution in [0.4, 0.5) is 5.69 Å². The second kappa shape index (κ2) is 3.10.